The molecule has 1 aromatic heterocycles. The van der Waals surface area contributed by atoms with E-state index >= 15 is 0 Å². The largest absolute Gasteiger partial charge is 0.496 e. The van der Waals surface area contributed by atoms with Crippen LogP contribution in [-0.4, -0.2) is 22.9 Å². The van der Waals surface area contributed by atoms with Crippen LogP contribution in [0.15, 0.2) is 30.3 Å². The van der Waals surface area contributed by atoms with Crippen LogP contribution in [-0.2, 0) is 13.5 Å². The van der Waals surface area contributed by atoms with E-state index in [0.29, 0.717) is 6.04 Å². The van der Waals surface area contributed by atoms with Gasteiger partial charge >= 0.3 is 0 Å². The summed E-state index contributed by atoms with van der Waals surface area (Å²) in [5.41, 5.74) is 2.23. The predicted molar refractivity (Wildman–Crippen MR) is 77.7 cm³/mol. The van der Waals surface area contributed by atoms with Crippen molar-refractivity contribution in [2.24, 2.45) is 7.05 Å². The molecule has 1 atom stereocenters. The lowest BCUT2D eigenvalue weighted by Gasteiger charge is -2.16. The second kappa shape index (κ2) is 5.78. The molecule has 0 aliphatic carbocycles. The maximum absolute atomic E-state index is 5.38. The number of rotatable bonds is 5. The molecule has 1 heterocycles. The van der Waals surface area contributed by atoms with Gasteiger partial charge in [-0.1, -0.05) is 18.2 Å². The SMILES string of the molecule is COc1ccccc1C[C@H](C)Nc1cc(C)nn1C. The molecular formula is C15H21N3O. The first-order chi connectivity index (χ1) is 9.10. The summed E-state index contributed by atoms with van der Waals surface area (Å²) < 4.78 is 7.25. The monoisotopic (exact) mass is 259 g/mol. The Hall–Kier alpha value is -1.97. The minimum Gasteiger partial charge on any atom is -0.496 e. The van der Waals surface area contributed by atoms with E-state index in [-0.39, 0.29) is 0 Å². The number of hydrogen-bond donors (Lipinski definition) is 1. The molecule has 0 bridgehead atoms. The molecule has 1 N–H and O–H groups in total. The first-order valence-corrected chi connectivity index (χ1v) is 6.49. The molecule has 0 aliphatic rings. The third-order valence-corrected chi connectivity index (χ3v) is 3.11. The van der Waals surface area contributed by atoms with Gasteiger partial charge < -0.3 is 10.1 Å². The fourth-order valence-corrected chi connectivity index (χ4v) is 2.25. The first-order valence-electron chi connectivity index (χ1n) is 6.49. The number of anilines is 1. The van der Waals surface area contributed by atoms with Crippen LogP contribution in [0.3, 0.4) is 0 Å². The molecule has 2 rings (SSSR count). The summed E-state index contributed by atoms with van der Waals surface area (Å²) in [7, 11) is 3.66. The Morgan fingerprint density at radius 3 is 2.74 bits per heavy atom. The lowest BCUT2D eigenvalue weighted by Crippen LogP contribution is -2.20. The van der Waals surface area contributed by atoms with E-state index in [1.807, 2.05) is 36.9 Å². The van der Waals surface area contributed by atoms with Gasteiger partial charge in [-0.15, -0.1) is 0 Å². The van der Waals surface area contributed by atoms with Crippen LogP contribution in [0, 0.1) is 6.92 Å². The highest BCUT2D eigenvalue weighted by Crippen LogP contribution is 2.20. The Kier molecular flexibility index (Phi) is 4.10. The molecule has 102 valence electrons. The van der Waals surface area contributed by atoms with Crippen LogP contribution < -0.4 is 10.1 Å². The molecule has 0 amide bonds. The smallest absolute Gasteiger partial charge is 0.124 e. The van der Waals surface area contributed by atoms with Crippen molar-refractivity contribution in [3.63, 3.8) is 0 Å². The molecule has 1 aromatic carbocycles. The Labute approximate surface area is 114 Å². The van der Waals surface area contributed by atoms with Crippen molar-refractivity contribution in [1.82, 2.24) is 9.78 Å². The van der Waals surface area contributed by atoms with Gasteiger partial charge in [0.1, 0.15) is 11.6 Å². The minimum absolute atomic E-state index is 0.311. The zero-order chi connectivity index (χ0) is 13.8. The van der Waals surface area contributed by atoms with Gasteiger partial charge in [0.25, 0.3) is 0 Å². The lowest BCUT2D eigenvalue weighted by atomic mass is 10.1. The Morgan fingerprint density at radius 2 is 2.11 bits per heavy atom. The van der Waals surface area contributed by atoms with Crippen LogP contribution in [0.2, 0.25) is 0 Å². The fraction of sp³-hybridized carbons (Fsp3) is 0.400. The average molecular weight is 259 g/mol. The predicted octanol–water partition coefficient (Wildman–Crippen LogP) is 2.78. The van der Waals surface area contributed by atoms with E-state index in [2.05, 4.69) is 29.5 Å². The molecule has 0 spiro atoms. The second-order valence-corrected chi connectivity index (χ2v) is 4.86. The molecule has 19 heavy (non-hydrogen) atoms. The van der Waals surface area contributed by atoms with Gasteiger partial charge in [0, 0.05) is 19.2 Å². The fourth-order valence-electron chi connectivity index (χ4n) is 2.25. The van der Waals surface area contributed by atoms with Crippen LogP contribution in [0.25, 0.3) is 0 Å². The molecule has 0 saturated carbocycles. The van der Waals surface area contributed by atoms with E-state index in [0.717, 1.165) is 23.7 Å². The summed E-state index contributed by atoms with van der Waals surface area (Å²) in [4.78, 5) is 0. The van der Waals surface area contributed by atoms with Gasteiger partial charge in [0.05, 0.1) is 12.8 Å². The Balaban J connectivity index is 2.05. The second-order valence-electron chi connectivity index (χ2n) is 4.86. The van der Waals surface area contributed by atoms with Gasteiger partial charge in [0.2, 0.25) is 0 Å². The van der Waals surface area contributed by atoms with E-state index in [4.69, 9.17) is 4.74 Å². The number of ether oxygens (including phenoxy) is 1. The summed E-state index contributed by atoms with van der Waals surface area (Å²) in [5.74, 6) is 1.98. The molecular weight excluding hydrogens is 238 g/mol. The van der Waals surface area contributed by atoms with E-state index in [9.17, 15) is 0 Å². The third-order valence-electron chi connectivity index (χ3n) is 3.11. The first kappa shape index (κ1) is 13.5. The summed E-state index contributed by atoms with van der Waals surface area (Å²) >= 11 is 0. The molecule has 0 aliphatic heterocycles. The number of aryl methyl sites for hydroxylation is 2. The van der Waals surface area contributed by atoms with Crippen molar-refractivity contribution < 1.29 is 4.74 Å². The molecule has 2 aromatic rings. The van der Waals surface area contributed by atoms with Crippen LogP contribution in [0.5, 0.6) is 5.75 Å². The van der Waals surface area contributed by atoms with Gasteiger partial charge in [-0.3, -0.25) is 4.68 Å². The summed E-state index contributed by atoms with van der Waals surface area (Å²) in [5, 5.41) is 7.81. The minimum atomic E-state index is 0.311. The standard InChI is InChI=1S/C15H21N3O/c1-11(16-15-10-12(2)17-18(15)3)9-13-7-5-6-8-14(13)19-4/h5-8,10-11,16H,9H2,1-4H3/t11-/m0/s1. The van der Waals surface area contributed by atoms with E-state index in [1.165, 1.54) is 5.56 Å². The van der Waals surface area contributed by atoms with Gasteiger partial charge in [-0.2, -0.15) is 5.10 Å². The molecule has 4 nitrogen and oxygen atoms in total. The Bertz CT molecular complexity index is 548. The number of aromatic nitrogens is 2. The number of nitrogens with zero attached hydrogens (tertiary/aromatic N) is 2. The molecule has 0 radical (unpaired) electrons. The number of benzene rings is 1. The number of nitrogens with one attached hydrogen (secondary N) is 1. The normalized spacial score (nSPS) is 12.2. The van der Waals surface area contributed by atoms with Crippen molar-refractivity contribution in [3.8, 4) is 5.75 Å². The summed E-state index contributed by atoms with van der Waals surface area (Å²) in [6, 6.07) is 10.5. The summed E-state index contributed by atoms with van der Waals surface area (Å²) in [6.07, 6.45) is 0.911. The summed E-state index contributed by atoms with van der Waals surface area (Å²) in [6.45, 7) is 4.16. The van der Waals surface area contributed by atoms with E-state index < -0.39 is 0 Å². The third kappa shape index (κ3) is 3.28. The molecule has 0 fully saturated rings. The lowest BCUT2D eigenvalue weighted by molar-refractivity contribution is 0.409. The van der Waals surface area contributed by atoms with Gasteiger partial charge in [-0.25, -0.2) is 0 Å². The van der Waals surface area contributed by atoms with Crippen molar-refractivity contribution >= 4 is 5.82 Å². The van der Waals surface area contributed by atoms with E-state index in [1.54, 1.807) is 7.11 Å². The van der Waals surface area contributed by atoms with Crippen molar-refractivity contribution in [2.45, 2.75) is 26.3 Å². The van der Waals surface area contributed by atoms with Gasteiger partial charge in [-0.05, 0) is 31.9 Å². The number of hydrogen-bond acceptors (Lipinski definition) is 3. The molecule has 0 unspecified atom stereocenters. The zero-order valence-electron chi connectivity index (χ0n) is 12.0. The zero-order valence-corrected chi connectivity index (χ0v) is 12.0. The van der Waals surface area contributed by atoms with Crippen LogP contribution >= 0.6 is 0 Å². The number of para-hydroxylation sites is 1. The maximum atomic E-state index is 5.38. The highest BCUT2D eigenvalue weighted by molar-refractivity contribution is 5.39. The molecule has 4 heteroatoms. The Morgan fingerprint density at radius 1 is 1.37 bits per heavy atom. The van der Waals surface area contributed by atoms with Crippen LogP contribution in [0.1, 0.15) is 18.2 Å². The highest BCUT2D eigenvalue weighted by atomic mass is 16.5. The average Bonchev–Trinajstić information content (AvgIpc) is 2.68. The maximum Gasteiger partial charge on any atom is 0.124 e. The van der Waals surface area contributed by atoms with Gasteiger partial charge in [0.15, 0.2) is 0 Å². The van der Waals surface area contributed by atoms with Crippen molar-refractivity contribution in [3.05, 3.63) is 41.6 Å². The van der Waals surface area contributed by atoms with Crippen molar-refractivity contribution in [1.29, 1.82) is 0 Å². The topological polar surface area (TPSA) is 39.1 Å². The van der Waals surface area contributed by atoms with Crippen molar-refractivity contribution in [2.75, 3.05) is 12.4 Å². The highest BCUT2D eigenvalue weighted by Gasteiger charge is 2.10. The van der Waals surface area contributed by atoms with Crippen LogP contribution in [0.4, 0.5) is 5.82 Å². The molecule has 0 saturated heterocycles. The number of methoxy groups -OCH3 is 1. The quantitative estimate of drug-likeness (QED) is 0.897.